The molecular weight excluding hydrogens is 449 g/mol. The summed E-state index contributed by atoms with van der Waals surface area (Å²) in [5.74, 6) is -2.94. The summed E-state index contributed by atoms with van der Waals surface area (Å²) in [7, 11) is 0. The van der Waals surface area contributed by atoms with Crippen LogP contribution in [0.3, 0.4) is 0 Å². The maximum absolute atomic E-state index is 12.9. The van der Waals surface area contributed by atoms with Crippen LogP contribution < -0.4 is 5.32 Å². The Morgan fingerprint density at radius 3 is 1.77 bits per heavy atom. The van der Waals surface area contributed by atoms with Crippen molar-refractivity contribution in [1.82, 2.24) is 0 Å². The molecule has 0 atom stereocenters. The average Bonchev–Trinajstić information content (AvgIpc) is 2.63. The summed E-state index contributed by atoms with van der Waals surface area (Å²) in [6.07, 6.45) is -15.2. The average molecular weight is 459 g/mol. The summed E-state index contributed by atoms with van der Waals surface area (Å²) < 4.78 is 120. The number of hydrogen-bond donors (Lipinski definition) is 1. The molecule has 1 N–H and O–H groups in total. The van der Waals surface area contributed by atoms with Crippen LogP contribution in [0.5, 0.6) is 0 Å². The van der Waals surface area contributed by atoms with Crippen LogP contribution in [0.1, 0.15) is 27.0 Å². The van der Waals surface area contributed by atoms with Crippen LogP contribution >= 0.6 is 0 Å². The van der Waals surface area contributed by atoms with Gasteiger partial charge in [-0.3, -0.25) is 4.79 Å². The second-order valence-corrected chi connectivity index (χ2v) is 5.96. The van der Waals surface area contributed by atoms with E-state index in [-0.39, 0.29) is 18.2 Å². The molecule has 0 saturated heterocycles. The van der Waals surface area contributed by atoms with Gasteiger partial charge in [-0.05, 0) is 30.3 Å². The van der Waals surface area contributed by atoms with Gasteiger partial charge >= 0.3 is 24.5 Å². The predicted molar refractivity (Wildman–Crippen MR) is 86.8 cm³/mol. The van der Waals surface area contributed by atoms with E-state index in [4.69, 9.17) is 0 Å². The van der Waals surface area contributed by atoms with Gasteiger partial charge in [0.2, 0.25) is 0 Å². The number of rotatable bonds is 4. The number of carbonyl (C=O) groups excluding carboxylic acids is 2. The molecule has 0 spiro atoms. The molecule has 2 aromatic rings. The molecule has 0 heterocycles. The molecule has 13 heteroatoms. The third-order valence-corrected chi connectivity index (χ3v) is 3.66. The highest BCUT2D eigenvalue weighted by molar-refractivity contribution is 5.96. The SMILES string of the molecule is O=C(COC(=O)c1ccccc1C(F)(F)F)Nc1cc(C(F)(F)F)cc(C(F)(F)F)c1. The summed E-state index contributed by atoms with van der Waals surface area (Å²) in [4.78, 5) is 23.6. The van der Waals surface area contributed by atoms with Crippen LogP contribution in [0.2, 0.25) is 0 Å². The molecule has 0 aliphatic rings. The van der Waals surface area contributed by atoms with Crippen molar-refractivity contribution in [1.29, 1.82) is 0 Å². The molecule has 4 nitrogen and oxygen atoms in total. The summed E-state index contributed by atoms with van der Waals surface area (Å²) >= 11 is 0. The smallest absolute Gasteiger partial charge is 0.417 e. The maximum Gasteiger partial charge on any atom is 0.417 e. The van der Waals surface area contributed by atoms with E-state index in [1.54, 1.807) is 5.32 Å². The van der Waals surface area contributed by atoms with Gasteiger partial charge in [0.05, 0.1) is 22.3 Å². The van der Waals surface area contributed by atoms with Gasteiger partial charge in [-0.15, -0.1) is 0 Å². The van der Waals surface area contributed by atoms with E-state index >= 15 is 0 Å². The van der Waals surface area contributed by atoms with Crippen LogP contribution in [0.4, 0.5) is 45.2 Å². The molecular formula is C18H10F9NO3. The monoisotopic (exact) mass is 459 g/mol. The van der Waals surface area contributed by atoms with Crippen LogP contribution in [0.25, 0.3) is 0 Å². The molecule has 0 saturated carbocycles. The zero-order chi connectivity index (χ0) is 23.6. The number of anilines is 1. The predicted octanol–water partition coefficient (Wildman–Crippen LogP) is 5.54. The van der Waals surface area contributed by atoms with Gasteiger partial charge in [-0.25, -0.2) is 4.79 Å². The number of benzene rings is 2. The lowest BCUT2D eigenvalue weighted by atomic mass is 10.1. The minimum Gasteiger partial charge on any atom is -0.452 e. The molecule has 168 valence electrons. The zero-order valence-corrected chi connectivity index (χ0v) is 14.9. The van der Waals surface area contributed by atoms with Crippen molar-refractivity contribution >= 4 is 17.6 Å². The van der Waals surface area contributed by atoms with Gasteiger partial charge in [0.1, 0.15) is 0 Å². The topological polar surface area (TPSA) is 55.4 Å². The minimum absolute atomic E-state index is 0.163. The Morgan fingerprint density at radius 1 is 0.774 bits per heavy atom. The highest BCUT2D eigenvalue weighted by atomic mass is 19.4. The Kier molecular flexibility index (Phi) is 6.57. The molecule has 2 aromatic carbocycles. The van der Waals surface area contributed by atoms with Crippen LogP contribution in [0.15, 0.2) is 42.5 Å². The molecule has 0 aliphatic heterocycles. The first-order valence-corrected chi connectivity index (χ1v) is 8.01. The van der Waals surface area contributed by atoms with E-state index in [1.807, 2.05) is 0 Å². The van der Waals surface area contributed by atoms with Crippen molar-refractivity contribution in [3.63, 3.8) is 0 Å². The van der Waals surface area contributed by atoms with Crippen molar-refractivity contribution in [2.24, 2.45) is 0 Å². The second-order valence-electron chi connectivity index (χ2n) is 5.96. The molecule has 1 amide bonds. The number of carbonyl (C=O) groups is 2. The number of amides is 1. The Labute approximate surface area is 167 Å². The molecule has 31 heavy (non-hydrogen) atoms. The van der Waals surface area contributed by atoms with Crippen LogP contribution in [0, 0.1) is 0 Å². The number of esters is 1. The lowest BCUT2D eigenvalue weighted by Gasteiger charge is -2.15. The summed E-state index contributed by atoms with van der Waals surface area (Å²) in [5, 5.41) is 1.68. The zero-order valence-electron chi connectivity index (χ0n) is 14.9. The first kappa shape index (κ1) is 24.0. The van der Waals surface area contributed by atoms with Crippen molar-refractivity contribution < 1.29 is 53.8 Å². The first-order chi connectivity index (χ1) is 14.1. The van der Waals surface area contributed by atoms with Crippen LogP contribution in [-0.4, -0.2) is 18.5 Å². The summed E-state index contributed by atoms with van der Waals surface area (Å²) in [6.45, 7) is -1.26. The first-order valence-electron chi connectivity index (χ1n) is 8.01. The van der Waals surface area contributed by atoms with Crippen molar-refractivity contribution in [3.8, 4) is 0 Å². The van der Waals surface area contributed by atoms with Crippen LogP contribution in [-0.2, 0) is 28.1 Å². The Morgan fingerprint density at radius 2 is 1.29 bits per heavy atom. The van der Waals surface area contributed by atoms with Gasteiger partial charge in [0.25, 0.3) is 5.91 Å². The highest BCUT2D eigenvalue weighted by Gasteiger charge is 2.37. The molecule has 2 rings (SSSR count). The lowest BCUT2D eigenvalue weighted by Crippen LogP contribution is -2.23. The number of hydrogen-bond acceptors (Lipinski definition) is 3. The van der Waals surface area contributed by atoms with Gasteiger partial charge in [-0.2, -0.15) is 39.5 Å². The fourth-order valence-corrected chi connectivity index (χ4v) is 2.34. The van der Waals surface area contributed by atoms with Gasteiger partial charge < -0.3 is 10.1 Å². The third kappa shape index (κ3) is 6.36. The number of halogens is 9. The standard InChI is InChI=1S/C18H10F9NO3/c19-16(20,21)9-5-10(17(22,23)24)7-11(6-9)28-14(29)8-31-15(30)12-3-1-2-4-13(12)18(25,26)27/h1-7H,8H2,(H,28,29). The van der Waals surface area contributed by atoms with E-state index in [0.717, 1.165) is 18.2 Å². The Hall–Kier alpha value is -3.25. The highest BCUT2D eigenvalue weighted by Crippen LogP contribution is 2.37. The van der Waals surface area contributed by atoms with E-state index in [1.165, 1.54) is 0 Å². The molecule has 0 aromatic heterocycles. The van der Waals surface area contributed by atoms with E-state index < -0.39 is 65.0 Å². The molecule has 0 radical (unpaired) electrons. The normalized spacial score (nSPS) is 12.4. The maximum atomic E-state index is 12.9. The Bertz CT molecular complexity index is 946. The fourth-order valence-electron chi connectivity index (χ4n) is 2.34. The molecule has 0 aliphatic carbocycles. The molecule has 0 unspecified atom stereocenters. The molecule has 0 bridgehead atoms. The molecule has 0 fully saturated rings. The summed E-state index contributed by atoms with van der Waals surface area (Å²) in [6, 6.07) is 3.71. The fraction of sp³-hybridized carbons (Fsp3) is 0.222. The third-order valence-electron chi connectivity index (χ3n) is 3.66. The van der Waals surface area contributed by atoms with Gasteiger partial charge in [0, 0.05) is 5.69 Å². The number of nitrogens with one attached hydrogen (secondary N) is 1. The summed E-state index contributed by atoms with van der Waals surface area (Å²) in [5.41, 5.74) is -6.59. The second kappa shape index (κ2) is 8.47. The van der Waals surface area contributed by atoms with Crippen molar-refractivity contribution in [2.75, 3.05) is 11.9 Å². The van der Waals surface area contributed by atoms with Gasteiger partial charge in [0.15, 0.2) is 6.61 Å². The van der Waals surface area contributed by atoms with Gasteiger partial charge in [-0.1, -0.05) is 12.1 Å². The lowest BCUT2D eigenvalue weighted by molar-refractivity contribution is -0.143. The van der Waals surface area contributed by atoms with E-state index in [2.05, 4.69) is 4.74 Å². The quantitative estimate of drug-likeness (QED) is 0.483. The van der Waals surface area contributed by atoms with Crippen molar-refractivity contribution in [3.05, 3.63) is 64.7 Å². The Balaban J connectivity index is 2.16. The van der Waals surface area contributed by atoms with E-state index in [0.29, 0.717) is 6.07 Å². The number of ether oxygens (including phenoxy) is 1. The largest absolute Gasteiger partial charge is 0.452 e. The number of alkyl halides is 9. The minimum atomic E-state index is -5.16. The van der Waals surface area contributed by atoms with E-state index in [9.17, 15) is 49.1 Å². The van der Waals surface area contributed by atoms with Crippen molar-refractivity contribution in [2.45, 2.75) is 18.5 Å².